The number of carbonyl (C=O) groups excluding carboxylic acids is 2. The van der Waals surface area contributed by atoms with Crippen LogP contribution in [0.25, 0.3) is 28.1 Å². The van der Waals surface area contributed by atoms with Crippen LogP contribution in [-0.2, 0) is 4.79 Å². The van der Waals surface area contributed by atoms with Gasteiger partial charge in [0.05, 0.1) is 32.6 Å². The van der Waals surface area contributed by atoms with Crippen LogP contribution in [0.5, 0.6) is 23.1 Å². The average molecular weight is 626 g/mol. The maximum atomic E-state index is 12.8. The van der Waals surface area contributed by atoms with Gasteiger partial charge in [-0.15, -0.1) is 0 Å². The van der Waals surface area contributed by atoms with Crippen LogP contribution in [0.15, 0.2) is 78.9 Å². The molecule has 9 nitrogen and oxygen atoms in total. The number of rotatable bonds is 9. The average Bonchev–Trinajstić information content (AvgIpc) is 3.38. The van der Waals surface area contributed by atoms with Gasteiger partial charge in [-0.25, -0.2) is 0 Å². The lowest BCUT2D eigenvalue weighted by molar-refractivity contribution is -0.132. The lowest BCUT2D eigenvalue weighted by atomic mass is 10.00. The van der Waals surface area contributed by atoms with Crippen LogP contribution in [0.4, 0.5) is 5.69 Å². The van der Waals surface area contributed by atoms with Gasteiger partial charge in [0.15, 0.2) is 11.5 Å². The van der Waals surface area contributed by atoms with Crippen LogP contribution in [-0.4, -0.2) is 43.0 Å². The van der Waals surface area contributed by atoms with Crippen molar-refractivity contribution in [3.8, 4) is 51.2 Å². The molecule has 0 fully saturated rings. The van der Waals surface area contributed by atoms with Gasteiger partial charge in [0.25, 0.3) is 5.91 Å². The summed E-state index contributed by atoms with van der Waals surface area (Å²) in [5, 5.41) is 8.45. The number of hydrogen-bond donors (Lipinski definition) is 1. The van der Waals surface area contributed by atoms with E-state index in [1.807, 2.05) is 44.2 Å². The highest BCUT2D eigenvalue weighted by molar-refractivity contribution is 6.30. The molecule has 5 aromatic rings. The SMILES string of the molecule is COc1cc(-c2nn(-c3ccc(C)cc3C)c(OC(C)=O)c2-c2ccc(NC(=O)c3ccc(Cl)cc3)cc2)cc(OC)c1OC. The van der Waals surface area contributed by atoms with Gasteiger partial charge >= 0.3 is 5.97 Å². The van der Waals surface area contributed by atoms with Crippen molar-refractivity contribution in [3.63, 3.8) is 0 Å². The summed E-state index contributed by atoms with van der Waals surface area (Å²) in [4.78, 5) is 25.3. The van der Waals surface area contributed by atoms with Gasteiger partial charge in [0, 0.05) is 28.8 Å². The van der Waals surface area contributed by atoms with Crippen molar-refractivity contribution in [1.82, 2.24) is 9.78 Å². The topological polar surface area (TPSA) is 101 Å². The molecule has 0 saturated carbocycles. The fourth-order valence-electron chi connectivity index (χ4n) is 5.04. The molecule has 1 heterocycles. The highest BCUT2D eigenvalue weighted by Gasteiger charge is 2.27. The number of nitrogens with zero attached hydrogens (tertiary/aromatic N) is 2. The number of nitrogens with one attached hydrogen (secondary N) is 1. The van der Waals surface area contributed by atoms with Crippen molar-refractivity contribution >= 4 is 29.2 Å². The fourth-order valence-corrected chi connectivity index (χ4v) is 5.17. The lowest BCUT2D eigenvalue weighted by Crippen LogP contribution is -2.11. The second-order valence-electron chi connectivity index (χ2n) is 10.3. The fraction of sp³-hybridized carbons (Fsp3) is 0.171. The number of hydrogen-bond acceptors (Lipinski definition) is 7. The summed E-state index contributed by atoms with van der Waals surface area (Å²) in [5.41, 5.74) is 6.19. The van der Waals surface area contributed by atoms with Gasteiger partial charge in [-0.1, -0.05) is 41.4 Å². The quantitative estimate of drug-likeness (QED) is 0.168. The molecule has 1 N–H and O–H groups in total. The third kappa shape index (κ3) is 6.49. The zero-order valence-electron chi connectivity index (χ0n) is 25.7. The molecule has 4 aromatic carbocycles. The van der Waals surface area contributed by atoms with Crippen LogP contribution in [0.1, 0.15) is 28.4 Å². The van der Waals surface area contributed by atoms with Crippen molar-refractivity contribution in [2.45, 2.75) is 20.8 Å². The van der Waals surface area contributed by atoms with Gasteiger partial charge in [-0.3, -0.25) is 9.59 Å². The van der Waals surface area contributed by atoms with Crippen molar-refractivity contribution in [3.05, 3.63) is 101 Å². The summed E-state index contributed by atoms with van der Waals surface area (Å²) < 4.78 is 24.3. The second kappa shape index (κ2) is 13.2. The van der Waals surface area contributed by atoms with Gasteiger partial charge in [-0.05, 0) is 79.6 Å². The van der Waals surface area contributed by atoms with Crippen molar-refractivity contribution in [1.29, 1.82) is 0 Å². The van der Waals surface area contributed by atoms with E-state index in [4.69, 9.17) is 35.6 Å². The highest BCUT2D eigenvalue weighted by Crippen LogP contribution is 2.46. The van der Waals surface area contributed by atoms with E-state index in [1.165, 1.54) is 28.3 Å². The van der Waals surface area contributed by atoms with Crippen molar-refractivity contribution in [2.75, 3.05) is 26.6 Å². The Morgan fingerprint density at radius 1 is 0.800 bits per heavy atom. The number of ether oxygens (including phenoxy) is 4. The second-order valence-corrected chi connectivity index (χ2v) is 10.7. The largest absolute Gasteiger partial charge is 0.493 e. The van der Waals surface area contributed by atoms with Crippen LogP contribution < -0.4 is 24.3 Å². The monoisotopic (exact) mass is 625 g/mol. The van der Waals surface area contributed by atoms with Gasteiger partial charge in [0.1, 0.15) is 5.69 Å². The summed E-state index contributed by atoms with van der Waals surface area (Å²) in [6.07, 6.45) is 0. The molecule has 1 aromatic heterocycles. The molecule has 1 amide bonds. The summed E-state index contributed by atoms with van der Waals surface area (Å²) in [6, 6.07) is 23.3. The zero-order chi connectivity index (χ0) is 32.2. The number of aryl methyl sites for hydroxylation is 2. The molecule has 45 heavy (non-hydrogen) atoms. The molecular formula is C35H32ClN3O6. The van der Waals surface area contributed by atoms with E-state index in [1.54, 1.807) is 53.2 Å². The first-order chi connectivity index (χ1) is 21.6. The molecular weight excluding hydrogens is 594 g/mol. The first-order valence-corrected chi connectivity index (χ1v) is 14.4. The standard InChI is InChI=1S/C35H32ClN3O6/c1-20-7-16-28(21(2)17-20)39-35(45-22(3)40)31(32(38-39)25-18-29(42-4)33(44-6)30(19-25)43-5)23-10-14-27(15-11-23)37-34(41)24-8-12-26(36)13-9-24/h7-19H,1-6H3,(H,37,41). The minimum absolute atomic E-state index is 0.233. The Morgan fingerprint density at radius 3 is 2.00 bits per heavy atom. The minimum atomic E-state index is -0.509. The number of halogens is 1. The molecule has 0 atom stereocenters. The van der Waals surface area contributed by atoms with E-state index in [9.17, 15) is 9.59 Å². The van der Waals surface area contributed by atoms with Crippen LogP contribution >= 0.6 is 11.6 Å². The first kappa shape index (κ1) is 31.2. The number of carbonyl (C=O) groups is 2. The molecule has 230 valence electrons. The molecule has 0 aliphatic rings. The molecule has 0 saturated heterocycles. The third-order valence-corrected chi connectivity index (χ3v) is 7.39. The van der Waals surface area contributed by atoms with E-state index < -0.39 is 5.97 Å². The van der Waals surface area contributed by atoms with E-state index in [0.717, 1.165) is 16.8 Å². The van der Waals surface area contributed by atoms with E-state index >= 15 is 0 Å². The van der Waals surface area contributed by atoms with Crippen LogP contribution in [0.2, 0.25) is 5.02 Å². The molecule has 0 spiro atoms. The Balaban J connectivity index is 1.70. The molecule has 5 rings (SSSR count). The Bertz CT molecular complexity index is 1860. The molecule has 0 aliphatic carbocycles. The van der Waals surface area contributed by atoms with Crippen LogP contribution in [0, 0.1) is 13.8 Å². The Labute approximate surface area is 266 Å². The minimum Gasteiger partial charge on any atom is -0.493 e. The Hall–Kier alpha value is -5.28. The third-order valence-electron chi connectivity index (χ3n) is 7.14. The number of benzene rings is 4. The predicted octanol–water partition coefficient (Wildman–Crippen LogP) is 7.68. The molecule has 0 bridgehead atoms. The number of aromatic nitrogens is 2. The molecule has 0 aliphatic heterocycles. The van der Waals surface area contributed by atoms with Gasteiger partial charge in [-0.2, -0.15) is 9.78 Å². The number of methoxy groups -OCH3 is 3. The smallest absolute Gasteiger partial charge is 0.309 e. The number of amides is 1. The Kier molecular flexibility index (Phi) is 9.11. The van der Waals surface area contributed by atoms with Crippen LogP contribution in [0.3, 0.4) is 0 Å². The normalized spacial score (nSPS) is 10.7. The molecule has 0 unspecified atom stereocenters. The van der Waals surface area contributed by atoms with E-state index in [2.05, 4.69) is 5.32 Å². The highest BCUT2D eigenvalue weighted by atomic mass is 35.5. The molecule has 0 radical (unpaired) electrons. The number of esters is 1. The number of anilines is 1. The summed E-state index contributed by atoms with van der Waals surface area (Å²) in [7, 11) is 4.61. The summed E-state index contributed by atoms with van der Waals surface area (Å²) in [6.45, 7) is 5.32. The van der Waals surface area contributed by atoms with E-state index in [0.29, 0.717) is 55.9 Å². The van der Waals surface area contributed by atoms with Gasteiger partial charge < -0.3 is 24.3 Å². The van der Waals surface area contributed by atoms with E-state index in [-0.39, 0.29) is 11.8 Å². The first-order valence-electron chi connectivity index (χ1n) is 14.0. The lowest BCUT2D eigenvalue weighted by Gasteiger charge is -2.14. The van der Waals surface area contributed by atoms with Crippen molar-refractivity contribution < 1.29 is 28.5 Å². The summed E-state index contributed by atoms with van der Waals surface area (Å²) >= 11 is 5.97. The summed E-state index contributed by atoms with van der Waals surface area (Å²) in [5.74, 6) is 0.754. The molecule has 10 heteroatoms. The van der Waals surface area contributed by atoms with Crippen molar-refractivity contribution in [2.24, 2.45) is 0 Å². The maximum Gasteiger partial charge on any atom is 0.309 e. The Morgan fingerprint density at radius 2 is 1.44 bits per heavy atom. The zero-order valence-corrected chi connectivity index (χ0v) is 26.5. The maximum absolute atomic E-state index is 12.8. The predicted molar refractivity (Wildman–Crippen MR) is 174 cm³/mol. The van der Waals surface area contributed by atoms with Gasteiger partial charge in [0.2, 0.25) is 11.6 Å².